The predicted octanol–water partition coefficient (Wildman–Crippen LogP) is 2.56. The van der Waals surface area contributed by atoms with Gasteiger partial charge in [-0.25, -0.2) is 5.43 Å². The number of hydrogen-bond donors (Lipinski definition) is 2. The summed E-state index contributed by atoms with van der Waals surface area (Å²) in [6.07, 6.45) is 4.44. The number of nitrogens with zero attached hydrogens (tertiary/aromatic N) is 1. The first-order valence-corrected chi connectivity index (χ1v) is 6.79. The number of rotatable bonds is 3. The van der Waals surface area contributed by atoms with Crippen LogP contribution in [0.25, 0.3) is 6.08 Å². The zero-order valence-corrected chi connectivity index (χ0v) is 12.4. The topological polar surface area (TPSA) is 70.6 Å². The second-order valence-corrected chi connectivity index (χ2v) is 5.74. The summed E-state index contributed by atoms with van der Waals surface area (Å²) in [5.74, 6) is -0.146. The van der Waals surface area contributed by atoms with Crippen LogP contribution in [-0.4, -0.2) is 17.5 Å². The summed E-state index contributed by atoms with van der Waals surface area (Å²) in [6, 6.07) is 7.51. The number of hydrogen-bond acceptors (Lipinski definition) is 3. The summed E-state index contributed by atoms with van der Waals surface area (Å²) in [5.41, 5.74) is 4.71. The SMILES string of the molecule is CC(=O)Nc1ccc(/C=C/C2=NNC(=O)C(C)(C)C2)cc1. The van der Waals surface area contributed by atoms with Gasteiger partial charge in [0.25, 0.3) is 0 Å². The van der Waals surface area contributed by atoms with Crippen LogP contribution in [0.1, 0.15) is 32.8 Å². The number of allylic oxidation sites excluding steroid dienone is 1. The monoisotopic (exact) mass is 285 g/mol. The molecule has 0 saturated carbocycles. The number of amides is 2. The van der Waals surface area contributed by atoms with Crippen LogP contribution in [0.5, 0.6) is 0 Å². The van der Waals surface area contributed by atoms with E-state index in [0.717, 1.165) is 17.0 Å². The van der Waals surface area contributed by atoms with Crippen LogP contribution in [0, 0.1) is 5.41 Å². The highest BCUT2D eigenvalue weighted by atomic mass is 16.2. The second kappa shape index (κ2) is 5.91. The molecule has 1 heterocycles. The zero-order chi connectivity index (χ0) is 15.5. The minimum absolute atomic E-state index is 0.0562. The number of carbonyl (C=O) groups excluding carboxylic acids is 2. The van der Waals surface area contributed by atoms with Crippen LogP contribution in [0.2, 0.25) is 0 Å². The number of benzene rings is 1. The first kappa shape index (κ1) is 15.0. The van der Waals surface area contributed by atoms with E-state index in [1.54, 1.807) is 0 Å². The highest BCUT2D eigenvalue weighted by molar-refractivity contribution is 6.04. The molecule has 2 N–H and O–H groups in total. The molecular formula is C16H19N3O2. The van der Waals surface area contributed by atoms with Crippen molar-refractivity contribution in [1.29, 1.82) is 0 Å². The van der Waals surface area contributed by atoms with Gasteiger partial charge in [-0.3, -0.25) is 9.59 Å². The molecule has 0 aliphatic carbocycles. The highest BCUT2D eigenvalue weighted by Gasteiger charge is 2.31. The molecule has 0 aromatic heterocycles. The lowest BCUT2D eigenvalue weighted by Gasteiger charge is -2.26. The molecule has 5 nitrogen and oxygen atoms in total. The quantitative estimate of drug-likeness (QED) is 0.896. The Morgan fingerprint density at radius 1 is 1.29 bits per heavy atom. The van der Waals surface area contributed by atoms with Crippen molar-refractivity contribution in [2.24, 2.45) is 10.5 Å². The summed E-state index contributed by atoms with van der Waals surface area (Å²) >= 11 is 0. The minimum Gasteiger partial charge on any atom is -0.326 e. The maximum absolute atomic E-state index is 11.6. The molecule has 0 saturated heterocycles. The molecule has 0 bridgehead atoms. The Bertz CT molecular complexity index is 613. The lowest BCUT2D eigenvalue weighted by Crippen LogP contribution is -2.40. The van der Waals surface area contributed by atoms with Crippen molar-refractivity contribution in [3.05, 3.63) is 35.9 Å². The number of anilines is 1. The van der Waals surface area contributed by atoms with Gasteiger partial charge in [0.2, 0.25) is 11.8 Å². The lowest BCUT2D eigenvalue weighted by atomic mass is 9.85. The standard InChI is InChI=1S/C16H19N3O2/c1-11(20)17-13-7-4-12(5-8-13)6-9-14-10-16(2,3)15(21)19-18-14/h4-9H,10H2,1-3H3,(H,17,20)(H,19,21)/b9-6+. The average molecular weight is 285 g/mol. The highest BCUT2D eigenvalue weighted by Crippen LogP contribution is 2.24. The van der Waals surface area contributed by atoms with Gasteiger partial charge in [0.15, 0.2) is 0 Å². The van der Waals surface area contributed by atoms with E-state index in [1.807, 2.05) is 50.3 Å². The van der Waals surface area contributed by atoms with Gasteiger partial charge in [-0.15, -0.1) is 0 Å². The molecule has 0 radical (unpaired) electrons. The van der Waals surface area contributed by atoms with E-state index >= 15 is 0 Å². The first-order chi connectivity index (χ1) is 9.87. The Morgan fingerprint density at radius 3 is 2.52 bits per heavy atom. The third-order valence-corrected chi connectivity index (χ3v) is 3.24. The van der Waals surface area contributed by atoms with Gasteiger partial charge < -0.3 is 5.32 Å². The number of nitrogens with one attached hydrogen (secondary N) is 2. The smallest absolute Gasteiger partial charge is 0.246 e. The van der Waals surface area contributed by atoms with Gasteiger partial charge >= 0.3 is 0 Å². The fraction of sp³-hybridized carbons (Fsp3) is 0.312. The van der Waals surface area contributed by atoms with Crippen molar-refractivity contribution in [3.63, 3.8) is 0 Å². The van der Waals surface area contributed by atoms with Gasteiger partial charge in [-0.05, 0) is 23.8 Å². The van der Waals surface area contributed by atoms with E-state index in [2.05, 4.69) is 15.8 Å². The predicted molar refractivity (Wildman–Crippen MR) is 83.8 cm³/mol. The van der Waals surface area contributed by atoms with E-state index < -0.39 is 5.41 Å². The van der Waals surface area contributed by atoms with Crippen molar-refractivity contribution >= 4 is 29.3 Å². The summed E-state index contributed by atoms with van der Waals surface area (Å²) < 4.78 is 0. The van der Waals surface area contributed by atoms with Crippen LogP contribution < -0.4 is 10.7 Å². The van der Waals surface area contributed by atoms with E-state index in [-0.39, 0.29) is 11.8 Å². The van der Waals surface area contributed by atoms with Crippen molar-refractivity contribution in [2.75, 3.05) is 5.32 Å². The van der Waals surface area contributed by atoms with Crippen LogP contribution in [-0.2, 0) is 9.59 Å². The first-order valence-electron chi connectivity index (χ1n) is 6.79. The Balaban J connectivity index is 2.04. The lowest BCUT2D eigenvalue weighted by molar-refractivity contribution is -0.129. The molecule has 1 aromatic rings. The molecule has 1 aromatic carbocycles. The average Bonchev–Trinajstić information content (AvgIpc) is 2.41. The van der Waals surface area contributed by atoms with E-state index in [9.17, 15) is 9.59 Å². The summed E-state index contributed by atoms with van der Waals surface area (Å²) in [5, 5.41) is 6.77. The Morgan fingerprint density at radius 2 is 1.95 bits per heavy atom. The molecule has 0 atom stereocenters. The van der Waals surface area contributed by atoms with Crippen molar-refractivity contribution in [2.45, 2.75) is 27.2 Å². The Labute approximate surface area is 124 Å². The third-order valence-electron chi connectivity index (χ3n) is 3.24. The molecule has 0 spiro atoms. The van der Waals surface area contributed by atoms with Crippen molar-refractivity contribution in [1.82, 2.24) is 5.43 Å². The molecule has 21 heavy (non-hydrogen) atoms. The van der Waals surface area contributed by atoms with Crippen LogP contribution in [0.15, 0.2) is 35.4 Å². The van der Waals surface area contributed by atoms with Gasteiger partial charge in [-0.1, -0.05) is 32.1 Å². The molecule has 2 amide bonds. The summed E-state index contributed by atoms with van der Waals surface area (Å²) in [4.78, 5) is 22.5. The van der Waals surface area contributed by atoms with E-state index in [0.29, 0.717) is 6.42 Å². The van der Waals surface area contributed by atoms with Crippen LogP contribution in [0.3, 0.4) is 0 Å². The van der Waals surface area contributed by atoms with Gasteiger partial charge in [0, 0.05) is 19.0 Å². The van der Waals surface area contributed by atoms with Gasteiger partial charge in [0.05, 0.1) is 11.1 Å². The molecule has 1 aliphatic heterocycles. The third kappa shape index (κ3) is 4.02. The molecule has 2 rings (SSSR count). The summed E-state index contributed by atoms with van der Waals surface area (Å²) in [7, 11) is 0. The van der Waals surface area contributed by atoms with E-state index in [1.165, 1.54) is 6.92 Å². The maximum Gasteiger partial charge on any atom is 0.246 e. The Hall–Kier alpha value is -2.43. The second-order valence-electron chi connectivity index (χ2n) is 5.74. The fourth-order valence-corrected chi connectivity index (χ4v) is 2.02. The van der Waals surface area contributed by atoms with Crippen LogP contribution in [0.4, 0.5) is 5.69 Å². The van der Waals surface area contributed by atoms with Crippen molar-refractivity contribution in [3.8, 4) is 0 Å². The molecule has 5 heteroatoms. The number of hydrazone groups is 1. The summed E-state index contributed by atoms with van der Waals surface area (Å²) in [6.45, 7) is 5.27. The normalized spacial score (nSPS) is 17.3. The van der Waals surface area contributed by atoms with Gasteiger partial charge in [0.1, 0.15) is 0 Å². The van der Waals surface area contributed by atoms with E-state index in [4.69, 9.17) is 0 Å². The molecule has 110 valence electrons. The largest absolute Gasteiger partial charge is 0.326 e. The minimum atomic E-state index is -0.434. The van der Waals surface area contributed by atoms with Crippen LogP contribution >= 0.6 is 0 Å². The molecule has 1 aliphatic rings. The molecular weight excluding hydrogens is 266 g/mol. The maximum atomic E-state index is 11.6. The Kier molecular flexibility index (Phi) is 4.21. The van der Waals surface area contributed by atoms with Crippen molar-refractivity contribution < 1.29 is 9.59 Å². The van der Waals surface area contributed by atoms with Gasteiger partial charge in [-0.2, -0.15) is 5.10 Å². The molecule has 0 fully saturated rings. The fourth-order valence-electron chi connectivity index (χ4n) is 2.02. The zero-order valence-electron chi connectivity index (χ0n) is 12.4. The molecule has 0 unspecified atom stereocenters. The number of carbonyl (C=O) groups is 2.